The Morgan fingerprint density at radius 2 is 2.00 bits per heavy atom. The zero-order valence-corrected chi connectivity index (χ0v) is 10.4. The number of ether oxygens (including phenoxy) is 1. The molecule has 0 heterocycles. The Balaban J connectivity index is 2.19. The number of hydrogen-bond acceptors (Lipinski definition) is 1. The molecule has 0 bridgehead atoms. The van der Waals surface area contributed by atoms with Crippen molar-refractivity contribution in [2.45, 2.75) is 64.9 Å². The monoisotopic (exact) mass is 210 g/mol. The maximum atomic E-state index is 5.85. The molecule has 1 heteroatoms. The molecule has 88 valence electrons. The summed E-state index contributed by atoms with van der Waals surface area (Å²) in [5.74, 6) is 0.939. The lowest BCUT2D eigenvalue weighted by molar-refractivity contribution is 0.0471. The van der Waals surface area contributed by atoms with Gasteiger partial charge in [-0.25, -0.2) is 0 Å². The van der Waals surface area contributed by atoms with E-state index in [9.17, 15) is 0 Å². The van der Waals surface area contributed by atoms with Gasteiger partial charge < -0.3 is 4.74 Å². The molecule has 1 aliphatic carbocycles. The molecular weight excluding hydrogens is 184 g/mol. The fourth-order valence-corrected chi connectivity index (χ4v) is 2.44. The Morgan fingerprint density at radius 3 is 2.60 bits per heavy atom. The van der Waals surface area contributed by atoms with E-state index in [1.807, 2.05) is 6.92 Å². The Morgan fingerprint density at radius 1 is 1.27 bits per heavy atom. The second kappa shape index (κ2) is 7.92. The molecule has 0 aliphatic heterocycles. The summed E-state index contributed by atoms with van der Waals surface area (Å²) in [6, 6.07) is 0. The summed E-state index contributed by atoms with van der Waals surface area (Å²) >= 11 is 0. The van der Waals surface area contributed by atoms with Crippen molar-refractivity contribution in [2.75, 3.05) is 6.61 Å². The molecule has 15 heavy (non-hydrogen) atoms. The van der Waals surface area contributed by atoms with Crippen LogP contribution >= 0.6 is 0 Å². The summed E-state index contributed by atoms with van der Waals surface area (Å²) in [5.41, 5.74) is 0. The van der Waals surface area contributed by atoms with Crippen LogP contribution in [0.1, 0.15) is 58.8 Å². The average Bonchev–Trinajstić information content (AvgIpc) is 2.29. The van der Waals surface area contributed by atoms with E-state index in [4.69, 9.17) is 4.74 Å². The van der Waals surface area contributed by atoms with Crippen LogP contribution in [0.2, 0.25) is 0 Å². The van der Waals surface area contributed by atoms with Gasteiger partial charge in [0.05, 0.1) is 12.7 Å². The van der Waals surface area contributed by atoms with Crippen molar-refractivity contribution in [2.24, 2.45) is 5.92 Å². The van der Waals surface area contributed by atoms with Gasteiger partial charge in [-0.1, -0.05) is 51.2 Å². The van der Waals surface area contributed by atoms with Gasteiger partial charge >= 0.3 is 0 Å². The van der Waals surface area contributed by atoms with Crippen LogP contribution in [0.5, 0.6) is 0 Å². The van der Waals surface area contributed by atoms with Gasteiger partial charge in [0.1, 0.15) is 0 Å². The summed E-state index contributed by atoms with van der Waals surface area (Å²) < 4.78 is 5.85. The molecule has 0 spiro atoms. The van der Waals surface area contributed by atoms with Gasteiger partial charge in [0.15, 0.2) is 0 Å². The predicted octanol–water partition coefficient (Wildman–Crippen LogP) is 4.33. The lowest BCUT2D eigenvalue weighted by Crippen LogP contribution is -2.19. The lowest BCUT2D eigenvalue weighted by Gasteiger charge is -2.25. The first-order chi connectivity index (χ1) is 7.36. The van der Waals surface area contributed by atoms with Gasteiger partial charge in [0.2, 0.25) is 0 Å². The van der Waals surface area contributed by atoms with Crippen LogP contribution in [-0.2, 0) is 4.74 Å². The molecule has 1 atom stereocenters. The second-order valence-electron chi connectivity index (χ2n) is 4.67. The topological polar surface area (TPSA) is 9.23 Å². The molecular formula is C14H26O. The average molecular weight is 210 g/mol. The summed E-state index contributed by atoms with van der Waals surface area (Å²) in [6.07, 6.45) is 14.3. The molecule has 1 fully saturated rings. The summed E-state index contributed by atoms with van der Waals surface area (Å²) in [5, 5.41) is 0. The molecule has 0 amide bonds. The molecule has 0 radical (unpaired) electrons. The third-order valence-corrected chi connectivity index (χ3v) is 3.44. The molecule has 0 saturated heterocycles. The smallest absolute Gasteiger partial charge is 0.0651 e. The second-order valence-corrected chi connectivity index (χ2v) is 4.67. The number of rotatable bonds is 6. The Bertz CT molecular complexity index is 168. The molecule has 1 nitrogen and oxygen atoms in total. The third-order valence-electron chi connectivity index (χ3n) is 3.44. The van der Waals surface area contributed by atoms with E-state index in [-0.39, 0.29) is 0 Å². The van der Waals surface area contributed by atoms with E-state index < -0.39 is 0 Å². The molecule has 0 aromatic carbocycles. The summed E-state index contributed by atoms with van der Waals surface area (Å²) in [6.45, 7) is 5.08. The summed E-state index contributed by atoms with van der Waals surface area (Å²) in [7, 11) is 0. The Labute approximate surface area is 94.9 Å². The van der Waals surface area contributed by atoms with Crippen molar-refractivity contribution < 1.29 is 4.74 Å². The molecule has 1 saturated carbocycles. The van der Waals surface area contributed by atoms with Crippen molar-refractivity contribution in [3.63, 3.8) is 0 Å². The van der Waals surface area contributed by atoms with Crippen LogP contribution in [-0.4, -0.2) is 12.7 Å². The van der Waals surface area contributed by atoms with E-state index in [2.05, 4.69) is 19.1 Å². The Kier molecular flexibility index (Phi) is 6.74. The molecule has 1 rings (SSSR count). The fourth-order valence-electron chi connectivity index (χ4n) is 2.44. The largest absolute Gasteiger partial charge is 0.374 e. The quantitative estimate of drug-likeness (QED) is 0.593. The van der Waals surface area contributed by atoms with Gasteiger partial charge in [0.25, 0.3) is 0 Å². The van der Waals surface area contributed by atoms with Crippen LogP contribution in [0.4, 0.5) is 0 Å². The predicted molar refractivity (Wildman–Crippen MR) is 66.0 cm³/mol. The van der Waals surface area contributed by atoms with Crippen molar-refractivity contribution in [1.29, 1.82) is 0 Å². The summed E-state index contributed by atoms with van der Waals surface area (Å²) in [4.78, 5) is 0. The van der Waals surface area contributed by atoms with Crippen molar-refractivity contribution in [3.8, 4) is 0 Å². The zero-order valence-electron chi connectivity index (χ0n) is 10.4. The number of allylic oxidation sites excluding steroid dienone is 1. The van der Waals surface area contributed by atoms with E-state index in [1.54, 1.807) is 0 Å². The highest BCUT2D eigenvalue weighted by Crippen LogP contribution is 2.28. The molecule has 1 unspecified atom stereocenters. The highest BCUT2D eigenvalue weighted by Gasteiger charge is 2.17. The third kappa shape index (κ3) is 5.36. The van der Waals surface area contributed by atoms with E-state index in [1.165, 1.54) is 38.5 Å². The molecule has 0 aromatic heterocycles. The van der Waals surface area contributed by atoms with Crippen LogP contribution < -0.4 is 0 Å². The first kappa shape index (κ1) is 12.8. The van der Waals surface area contributed by atoms with Gasteiger partial charge in [-0.2, -0.15) is 0 Å². The lowest BCUT2D eigenvalue weighted by atomic mass is 9.85. The minimum atomic E-state index is 0.490. The fraction of sp³-hybridized carbons (Fsp3) is 0.857. The van der Waals surface area contributed by atoms with Gasteiger partial charge in [-0.3, -0.25) is 0 Å². The standard InChI is InChI=1S/C14H26O/c1-3-5-11-15-14(4-2)12-13-9-7-6-8-10-13/h3,5,13-14H,4,6-12H2,1-2H3. The van der Waals surface area contributed by atoms with Crippen LogP contribution in [0.25, 0.3) is 0 Å². The van der Waals surface area contributed by atoms with E-state index >= 15 is 0 Å². The van der Waals surface area contributed by atoms with Crippen molar-refractivity contribution in [1.82, 2.24) is 0 Å². The van der Waals surface area contributed by atoms with Crippen molar-refractivity contribution in [3.05, 3.63) is 12.2 Å². The zero-order chi connectivity index (χ0) is 10.9. The SMILES string of the molecule is CC=CCOC(CC)CC1CCCCC1. The Hall–Kier alpha value is -0.300. The minimum absolute atomic E-state index is 0.490. The minimum Gasteiger partial charge on any atom is -0.374 e. The van der Waals surface area contributed by atoms with Crippen LogP contribution in [0.15, 0.2) is 12.2 Å². The van der Waals surface area contributed by atoms with Gasteiger partial charge in [-0.15, -0.1) is 0 Å². The highest BCUT2D eigenvalue weighted by molar-refractivity contribution is 4.77. The molecule has 0 N–H and O–H groups in total. The normalized spacial score (nSPS) is 20.9. The van der Waals surface area contributed by atoms with Crippen LogP contribution in [0, 0.1) is 5.92 Å². The first-order valence-electron chi connectivity index (χ1n) is 6.59. The van der Waals surface area contributed by atoms with E-state index in [0.29, 0.717) is 6.10 Å². The van der Waals surface area contributed by atoms with Gasteiger partial charge in [0, 0.05) is 0 Å². The molecule has 0 aromatic rings. The maximum Gasteiger partial charge on any atom is 0.0651 e. The maximum absolute atomic E-state index is 5.85. The van der Waals surface area contributed by atoms with E-state index in [0.717, 1.165) is 18.9 Å². The number of hydrogen-bond donors (Lipinski definition) is 0. The molecule has 1 aliphatic rings. The first-order valence-corrected chi connectivity index (χ1v) is 6.59. The van der Waals surface area contributed by atoms with Crippen molar-refractivity contribution >= 4 is 0 Å². The van der Waals surface area contributed by atoms with Crippen LogP contribution in [0.3, 0.4) is 0 Å². The van der Waals surface area contributed by atoms with Gasteiger partial charge in [-0.05, 0) is 25.7 Å². The highest BCUT2D eigenvalue weighted by atomic mass is 16.5.